The first-order chi connectivity index (χ1) is 14.1. The Morgan fingerprint density at radius 3 is 2.76 bits per heavy atom. The predicted molar refractivity (Wildman–Crippen MR) is 116 cm³/mol. The molecule has 0 radical (unpaired) electrons. The zero-order chi connectivity index (χ0) is 20.8. The van der Waals surface area contributed by atoms with Gasteiger partial charge < -0.3 is 15.4 Å². The van der Waals surface area contributed by atoms with Crippen LogP contribution in [0.2, 0.25) is 5.02 Å². The molecule has 3 rings (SSSR count). The molecule has 0 aliphatic heterocycles. The summed E-state index contributed by atoms with van der Waals surface area (Å²) in [6, 6.07) is 10.1. The second-order valence-electron chi connectivity index (χ2n) is 6.31. The van der Waals surface area contributed by atoms with Crippen LogP contribution in [0.4, 0.5) is 21.5 Å². The number of benzene rings is 2. The molecule has 150 valence electrons. The van der Waals surface area contributed by atoms with Crippen LogP contribution in [0.25, 0.3) is 10.9 Å². The Balaban J connectivity index is 2.06. The van der Waals surface area contributed by atoms with Crippen molar-refractivity contribution < 1.29 is 9.13 Å². The van der Waals surface area contributed by atoms with Crippen molar-refractivity contribution in [3.05, 3.63) is 52.9 Å². The molecule has 0 aliphatic rings. The quantitative estimate of drug-likeness (QED) is 0.333. The summed E-state index contributed by atoms with van der Waals surface area (Å²) in [4.78, 5) is 4.37. The maximum Gasteiger partial charge on any atom is 0.144 e. The second-order valence-corrected chi connectivity index (χ2v) is 7.09. The number of rotatable bonds is 8. The van der Waals surface area contributed by atoms with Crippen molar-refractivity contribution >= 4 is 51.2 Å². The molecule has 0 amide bonds. The summed E-state index contributed by atoms with van der Waals surface area (Å²) in [5, 5.41) is 16.8. The van der Waals surface area contributed by atoms with E-state index in [0.717, 1.165) is 30.5 Å². The lowest BCUT2D eigenvalue weighted by atomic mass is 10.1. The van der Waals surface area contributed by atoms with Crippen molar-refractivity contribution in [1.29, 1.82) is 5.26 Å². The lowest BCUT2D eigenvalue weighted by molar-refractivity contribution is 0.417. The molecule has 0 spiro atoms. The Labute approximate surface area is 178 Å². The summed E-state index contributed by atoms with van der Waals surface area (Å²) in [5.41, 5.74) is 2.92. The molecule has 0 fully saturated rings. The van der Waals surface area contributed by atoms with Crippen LogP contribution in [0.1, 0.15) is 18.4 Å². The molecular formula is C21H19Cl2FN4O. The Bertz CT molecular complexity index is 1070. The maximum absolute atomic E-state index is 13.5. The fourth-order valence-electron chi connectivity index (χ4n) is 2.91. The minimum Gasteiger partial charge on any atom is -0.495 e. The number of nitrogens with one attached hydrogen (secondary N) is 2. The Hall–Kier alpha value is -2.75. The van der Waals surface area contributed by atoms with Crippen LogP contribution in [-0.4, -0.2) is 24.5 Å². The van der Waals surface area contributed by atoms with Gasteiger partial charge >= 0.3 is 0 Å². The highest BCUT2D eigenvalue weighted by Gasteiger charge is 2.14. The molecule has 2 N–H and O–H groups in total. The molecule has 5 nitrogen and oxygen atoms in total. The van der Waals surface area contributed by atoms with Crippen LogP contribution in [0, 0.1) is 17.1 Å². The molecule has 2 aromatic carbocycles. The molecule has 0 atom stereocenters. The molecule has 3 aromatic rings. The third-order valence-corrected chi connectivity index (χ3v) is 4.93. The van der Waals surface area contributed by atoms with Gasteiger partial charge in [-0.3, -0.25) is 4.98 Å². The molecule has 0 aliphatic carbocycles. The first kappa shape index (κ1) is 21.0. The number of methoxy groups -OCH3 is 1. The van der Waals surface area contributed by atoms with Crippen molar-refractivity contribution in [2.75, 3.05) is 30.2 Å². The molecule has 1 heterocycles. The van der Waals surface area contributed by atoms with Gasteiger partial charge in [-0.25, -0.2) is 4.39 Å². The summed E-state index contributed by atoms with van der Waals surface area (Å²) in [6.07, 6.45) is 3.31. The van der Waals surface area contributed by atoms with Crippen LogP contribution in [0.15, 0.2) is 36.5 Å². The van der Waals surface area contributed by atoms with Gasteiger partial charge in [0.1, 0.15) is 17.6 Å². The molecule has 8 heteroatoms. The Kier molecular flexibility index (Phi) is 6.97. The first-order valence-electron chi connectivity index (χ1n) is 9.00. The minimum absolute atomic E-state index is 0.00446. The van der Waals surface area contributed by atoms with E-state index in [2.05, 4.69) is 21.7 Å². The number of anilines is 3. The number of aromatic nitrogens is 1. The van der Waals surface area contributed by atoms with E-state index in [1.807, 2.05) is 12.1 Å². The van der Waals surface area contributed by atoms with Crippen LogP contribution in [-0.2, 0) is 0 Å². The number of fused-ring (bicyclic) bond motifs is 1. The van der Waals surface area contributed by atoms with Crippen molar-refractivity contribution in [3.8, 4) is 11.8 Å². The fraction of sp³-hybridized carbons (Fsp3) is 0.238. The Morgan fingerprint density at radius 1 is 1.24 bits per heavy atom. The van der Waals surface area contributed by atoms with Gasteiger partial charge in [-0.15, -0.1) is 11.6 Å². The summed E-state index contributed by atoms with van der Waals surface area (Å²) < 4.78 is 19.0. The molecule has 29 heavy (non-hydrogen) atoms. The van der Waals surface area contributed by atoms with E-state index in [0.29, 0.717) is 34.1 Å². The van der Waals surface area contributed by atoms with E-state index in [4.69, 9.17) is 27.9 Å². The average Bonchev–Trinajstić information content (AvgIpc) is 2.73. The van der Waals surface area contributed by atoms with E-state index >= 15 is 0 Å². The van der Waals surface area contributed by atoms with Crippen molar-refractivity contribution in [2.24, 2.45) is 0 Å². The number of nitrogens with zero attached hydrogens (tertiary/aromatic N) is 2. The predicted octanol–water partition coefficient (Wildman–Crippen LogP) is 6.08. The van der Waals surface area contributed by atoms with Gasteiger partial charge in [-0.2, -0.15) is 5.26 Å². The monoisotopic (exact) mass is 432 g/mol. The zero-order valence-electron chi connectivity index (χ0n) is 15.7. The van der Waals surface area contributed by atoms with Gasteiger partial charge in [0.05, 0.1) is 34.6 Å². The molecule has 0 saturated carbocycles. The van der Waals surface area contributed by atoms with E-state index in [1.54, 1.807) is 13.2 Å². The smallest absolute Gasteiger partial charge is 0.144 e. The number of unbranched alkanes of at least 4 members (excludes halogenated alkanes) is 1. The van der Waals surface area contributed by atoms with E-state index in [9.17, 15) is 9.65 Å². The fourth-order valence-corrected chi connectivity index (χ4v) is 3.28. The van der Waals surface area contributed by atoms with Gasteiger partial charge in [0, 0.05) is 35.8 Å². The number of hydrogen-bond acceptors (Lipinski definition) is 5. The minimum atomic E-state index is -0.509. The molecule has 1 aromatic heterocycles. The summed E-state index contributed by atoms with van der Waals surface area (Å²) in [6.45, 7) is 0.732. The van der Waals surface area contributed by atoms with Crippen LogP contribution < -0.4 is 15.4 Å². The first-order valence-corrected chi connectivity index (χ1v) is 9.91. The van der Waals surface area contributed by atoms with E-state index < -0.39 is 5.82 Å². The highest BCUT2D eigenvalue weighted by atomic mass is 35.5. The topological polar surface area (TPSA) is 70.0 Å². The Morgan fingerprint density at radius 2 is 2.07 bits per heavy atom. The molecular weight excluding hydrogens is 414 g/mol. The zero-order valence-corrected chi connectivity index (χ0v) is 17.2. The molecule has 0 saturated heterocycles. The van der Waals surface area contributed by atoms with Crippen molar-refractivity contribution in [3.63, 3.8) is 0 Å². The van der Waals surface area contributed by atoms with Crippen molar-refractivity contribution in [1.82, 2.24) is 4.98 Å². The number of nitriles is 1. The lowest BCUT2D eigenvalue weighted by Crippen LogP contribution is -2.04. The number of alkyl halides is 1. The largest absolute Gasteiger partial charge is 0.495 e. The van der Waals surface area contributed by atoms with Gasteiger partial charge in [-0.05, 0) is 37.1 Å². The lowest BCUT2D eigenvalue weighted by Gasteiger charge is -2.16. The number of halogens is 3. The van der Waals surface area contributed by atoms with E-state index in [-0.39, 0.29) is 5.02 Å². The number of hydrogen-bond donors (Lipinski definition) is 2. The number of pyridine rings is 1. The average molecular weight is 433 g/mol. The van der Waals surface area contributed by atoms with E-state index in [1.165, 1.54) is 18.3 Å². The summed E-state index contributed by atoms with van der Waals surface area (Å²) in [7, 11) is 1.59. The van der Waals surface area contributed by atoms with Gasteiger partial charge in [0.25, 0.3) is 0 Å². The normalized spacial score (nSPS) is 10.6. The standard InChI is InChI=1S/C21H19Cl2FN4O/c1-29-20-10-18-15(9-19(20)26-7-3-2-6-22)21(13(11-25)12-27-18)28-14-4-5-17(24)16(23)8-14/h4-5,8-10,12,26H,2-3,6-7H2,1H3,(H,27,28). The van der Waals surface area contributed by atoms with Crippen LogP contribution in [0.3, 0.4) is 0 Å². The van der Waals surface area contributed by atoms with Gasteiger partial charge in [0.2, 0.25) is 0 Å². The summed E-state index contributed by atoms with van der Waals surface area (Å²) >= 11 is 11.6. The van der Waals surface area contributed by atoms with Crippen molar-refractivity contribution in [2.45, 2.75) is 12.8 Å². The van der Waals surface area contributed by atoms with Crippen LogP contribution >= 0.6 is 23.2 Å². The molecule has 0 unspecified atom stereocenters. The highest BCUT2D eigenvalue weighted by Crippen LogP contribution is 2.36. The molecule has 0 bridgehead atoms. The maximum atomic E-state index is 13.5. The summed E-state index contributed by atoms with van der Waals surface area (Å²) in [5.74, 6) is 0.752. The van der Waals surface area contributed by atoms with Gasteiger partial charge in [0.15, 0.2) is 0 Å². The third kappa shape index (κ3) is 4.81. The van der Waals surface area contributed by atoms with Gasteiger partial charge in [-0.1, -0.05) is 11.6 Å². The SMILES string of the molecule is COc1cc2ncc(C#N)c(Nc3ccc(F)c(Cl)c3)c2cc1NCCCCCl. The number of ether oxygens (including phenoxy) is 1. The second kappa shape index (κ2) is 9.64. The third-order valence-electron chi connectivity index (χ3n) is 4.37. The van der Waals surface area contributed by atoms with Crippen LogP contribution in [0.5, 0.6) is 5.75 Å². The highest BCUT2D eigenvalue weighted by molar-refractivity contribution is 6.31.